The lowest BCUT2D eigenvalue weighted by molar-refractivity contribution is 0.543. The van der Waals surface area contributed by atoms with Gasteiger partial charge in [-0.15, -0.1) is 0 Å². The average molecular weight is 207 g/mol. The molecule has 0 unspecified atom stereocenters. The van der Waals surface area contributed by atoms with Gasteiger partial charge in [-0.2, -0.15) is 0 Å². The summed E-state index contributed by atoms with van der Waals surface area (Å²) in [7, 11) is 0. The van der Waals surface area contributed by atoms with Gasteiger partial charge in [-0.05, 0) is 20.8 Å². The zero-order chi connectivity index (χ0) is 11.6. The average Bonchev–Trinajstić information content (AvgIpc) is 1.99. The Bertz CT molecular complexity index is 337. The lowest BCUT2D eigenvalue weighted by atomic mass is 9.95. The third-order valence-corrected chi connectivity index (χ3v) is 1.96. The second kappa shape index (κ2) is 4.17. The third-order valence-electron chi connectivity index (χ3n) is 1.96. The zero-order valence-corrected chi connectivity index (χ0v) is 10.5. The van der Waals surface area contributed by atoms with Crippen LogP contribution in [0.15, 0.2) is 6.07 Å². The number of hydrogen-bond donors (Lipinski definition) is 1. The molecule has 0 amide bonds. The summed E-state index contributed by atoms with van der Waals surface area (Å²) in [5, 5.41) is 3.31. The molecule has 1 rings (SSSR count). The molecule has 0 bridgehead atoms. The molecule has 1 N–H and O–H groups in total. The first-order valence-corrected chi connectivity index (χ1v) is 5.42. The summed E-state index contributed by atoms with van der Waals surface area (Å²) < 4.78 is 0. The van der Waals surface area contributed by atoms with Gasteiger partial charge in [0.2, 0.25) is 0 Å². The summed E-state index contributed by atoms with van der Waals surface area (Å²) in [4.78, 5) is 8.98. The molecule has 84 valence electrons. The SMILES string of the molecule is Cc1cc(NC(C)C)nc(C(C)(C)C)n1. The highest BCUT2D eigenvalue weighted by Crippen LogP contribution is 2.20. The van der Waals surface area contributed by atoms with Crippen molar-refractivity contribution in [2.24, 2.45) is 0 Å². The Hall–Kier alpha value is -1.12. The summed E-state index contributed by atoms with van der Waals surface area (Å²) in [6, 6.07) is 2.38. The van der Waals surface area contributed by atoms with E-state index in [-0.39, 0.29) is 5.41 Å². The standard InChI is InChI=1S/C12H21N3/c1-8(2)13-10-7-9(3)14-11(15-10)12(4,5)6/h7-8H,1-6H3,(H,13,14,15). The molecule has 1 heterocycles. The van der Waals surface area contributed by atoms with E-state index in [0.717, 1.165) is 17.3 Å². The molecule has 0 aromatic carbocycles. The Kier molecular flexibility index (Phi) is 3.32. The van der Waals surface area contributed by atoms with E-state index in [9.17, 15) is 0 Å². The molecule has 0 spiro atoms. The van der Waals surface area contributed by atoms with Gasteiger partial charge in [0.15, 0.2) is 0 Å². The highest BCUT2D eigenvalue weighted by atomic mass is 15.0. The maximum absolute atomic E-state index is 4.52. The molecule has 1 aromatic rings. The number of anilines is 1. The van der Waals surface area contributed by atoms with E-state index in [4.69, 9.17) is 0 Å². The number of hydrogen-bond acceptors (Lipinski definition) is 3. The summed E-state index contributed by atoms with van der Waals surface area (Å²) in [5.74, 6) is 1.81. The lowest BCUT2D eigenvalue weighted by Crippen LogP contribution is -2.19. The van der Waals surface area contributed by atoms with Crippen LogP contribution in [0.3, 0.4) is 0 Å². The van der Waals surface area contributed by atoms with E-state index in [1.807, 2.05) is 13.0 Å². The molecule has 3 nitrogen and oxygen atoms in total. The fourth-order valence-corrected chi connectivity index (χ4v) is 1.27. The Morgan fingerprint density at radius 2 is 1.80 bits per heavy atom. The molecule has 0 aliphatic carbocycles. The minimum absolute atomic E-state index is 0.000566. The van der Waals surface area contributed by atoms with Crippen LogP contribution in [0.4, 0.5) is 5.82 Å². The van der Waals surface area contributed by atoms with Gasteiger partial charge in [-0.3, -0.25) is 0 Å². The maximum Gasteiger partial charge on any atom is 0.136 e. The normalized spacial score (nSPS) is 11.9. The fraction of sp³-hybridized carbons (Fsp3) is 0.667. The summed E-state index contributed by atoms with van der Waals surface area (Å²) in [5.41, 5.74) is 1.01. The molecule has 0 aliphatic heterocycles. The molecular formula is C12H21N3. The first-order valence-electron chi connectivity index (χ1n) is 5.42. The van der Waals surface area contributed by atoms with Gasteiger partial charge in [0, 0.05) is 23.2 Å². The topological polar surface area (TPSA) is 37.8 Å². The molecule has 3 heteroatoms. The number of rotatable bonds is 2. The van der Waals surface area contributed by atoms with Crippen molar-refractivity contribution < 1.29 is 0 Å². The molecule has 15 heavy (non-hydrogen) atoms. The lowest BCUT2D eigenvalue weighted by Gasteiger charge is -2.19. The Morgan fingerprint density at radius 3 is 2.27 bits per heavy atom. The third kappa shape index (κ3) is 3.50. The number of nitrogens with zero attached hydrogens (tertiary/aromatic N) is 2. The van der Waals surface area contributed by atoms with E-state index in [1.165, 1.54) is 0 Å². The van der Waals surface area contributed by atoms with Crippen molar-refractivity contribution in [3.63, 3.8) is 0 Å². The fourth-order valence-electron chi connectivity index (χ4n) is 1.27. The van der Waals surface area contributed by atoms with Crippen molar-refractivity contribution in [3.05, 3.63) is 17.6 Å². The van der Waals surface area contributed by atoms with Gasteiger partial charge in [0.1, 0.15) is 11.6 Å². The van der Waals surface area contributed by atoms with Crippen LogP contribution < -0.4 is 5.32 Å². The highest BCUT2D eigenvalue weighted by Gasteiger charge is 2.18. The van der Waals surface area contributed by atoms with E-state index in [2.05, 4.69) is 49.9 Å². The van der Waals surface area contributed by atoms with Gasteiger partial charge in [-0.1, -0.05) is 20.8 Å². The van der Waals surface area contributed by atoms with Crippen molar-refractivity contribution in [2.75, 3.05) is 5.32 Å². The van der Waals surface area contributed by atoms with Crippen LogP contribution in [-0.4, -0.2) is 16.0 Å². The number of nitrogens with one attached hydrogen (secondary N) is 1. The minimum Gasteiger partial charge on any atom is -0.368 e. The smallest absolute Gasteiger partial charge is 0.136 e. The molecule has 0 saturated carbocycles. The van der Waals surface area contributed by atoms with Crippen LogP contribution in [-0.2, 0) is 5.41 Å². The number of aromatic nitrogens is 2. The van der Waals surface area contributed by atoms with Gasteiger partial charge in [-0.25, -0.2) is 9.97 Å². The summed E-state index contributed by atoms with van der Waals surface area (Å²) in [6.45, 7) is 12.6. The van der Waals surface area contributed by atoms with Crippen molar-refractivity contribution in [3.8, 4) is 0 Å². The van der Waals surface area contributed by atoms with Crippen LogP contribution >= 0.6 is 0 Å². The predicted molar refractivity (Wildman–Crippen MR) is 64.2 cm³/mol. The van der Waals surface area contributed by atoms with E-state index in [0.29, 0.717) is 6.04 Å². The van der Waals surface area contributed by atoms with Crippen molar-refractivity contribution in [1.29, 1.82) is 0 Å². The summed E-state index contributed by atoms with van der Waals surface area (Å²) >= 11 is 0. The van der Waals surface area contributed by atoms with Gasteiger partial charge < -0.3 is 5.32 Å². The quantitative estimate of drug-likeness (QED) is 0.810. The van der Waals surface area contributed by atoms with Crippen LogP contribution in [0, 0.1) is 6.92 Å². The molecule has 0 atom stereocenters. The van der Waals surface area contributed by atoms with Gasteiger partial charge in [0.25, 0.3) is 0 Å². The molecule has 0 aliphatic rings. The Balaban J connectivity index is 3.06. The zero-order valence-electron chi connectivity index (χ0n) is 10.5. The van der Waals surface area contributed by atoms with Gasteiger partial charge >= 0.3 is 0 Å². The highest BCUT2D eigenvalue weighted by molar-refractivity contribution is 5.37. The second-order valence-electron chi connectivity index (χ2n) is 5.27. The minimum atomic E-state index is -0.000566. The Morgan fingerprint density at radius 1 is 1.20 bits per heavy atom. The summed E-state index contributed by atoms with van der Waals surface area (Å²) in [6.07, 6.45) is 0. The first kappa shape index (κ1) is 12.0. The maximum atomic E-state index is 4.52. The van der Waals surface area contributed by atoms with E-state index >= 15 is 0 Å². The van der Waals surface area contributed by atoms with E-state index < -0.39 is 0 Å². The van der Waals surface area contributed by atoms with Crippen LogP contribution in [0.1, 0.15) is 46.1 Å². The Labute approximate surface area is 92.3 Å². The van der Waals surface area contributed by atoms with Crippen LogP contribution in [0.5, 0.6) is 0 Å². The molecule has 0 radical (unpaired) electrons. The largest absolute Gasteiger partial charge is 0.368 e. The van der Waals surface area contributed by atoms with E-state index in [1.54, 1.807) is 0 Å². The predicted octanol–water partition coefficient (Wildman–Crippen LogP) is 2.90. The van der Waals surface area contributed by atoms with Crippen molar-refractivity contribution >= 4 is 5.82 Å². The first-order chi connectivity index (χ1) is 6.79. The number of aryl methyl sites for hydroxylation is 1. The van der Waals surface area contributed by atoms with Crippen molar-refractivity contribution in [2.45, 2.75) is 53.0 Å². The monoisotopic (exact) mass is 207 g/mol. The van der Waals surface area contributed by atoms with Gasteiger partial charge in [0.05, 0.1) is 0 Å². The van der Waals surface area contributed by atoms with Crippen molar-refractivity contribution in [1.82, 2.24) is 9.97 Å². The molecule has 0 fully saturated rings. The van der Waals surface area contributed by atoms with Crippen LogP contribution in [0.2, 0.25) is 0 Å². The second-order valence-corrected chi connectivity index (χ2v) is 5.27. The van der Waals surface area contributed by atoms with Crippen LogP contribution in [0.25, 0.3) is 0 Å². The molecule has 0 saturated heterocycles. The molecule has 1 aromatic heterocycles. The molecular weight excluding hydrogens is 186 g/mol.